The third-order valence-corrected chi connectivity index (χ3v) is 2.52. The molecule has 88 valence electrons. The van der Waals surface area contributed by atoms with E-state index >= 15 is 0 Å². The van der Waals surface area contributed by atoms with Crippen molar-refractivity contribution < 1.29 is 0 Å². The van der Waals surface area contributed by atoms with E-state index in [2.05, 4.69) is 34.3 Å². The van der Waals surface area contributed by atoms with Crippen molar-refractivity contribution in [3.8, 4) is 11.4 Å². The molecular weight excluding hydrogens is 210 g/mol. The maximum Gasteiger partial charge on any atom is 0.159 e. The molecule has 0 saturated carbocycles. The molecule has 1 aromatic carbocycles. The molecule has 0 aliphatic carbocycles. The Morgan fingerprint density at radius 2 is 1.88 bits per heavy atom. The normalized spacial score (nSPS) is 10.2. The average Bonchev–Trinajstić information content (AvgIpc) is 2.37. The molecular formula is C14H17N3. The van der Waals surface area contributed by atoms with Gasteiger partial charge >= 0.3 is 0 Å². The lowest BCUT2D eigenvalue weighted by molar-refractivity contribution is 0.980. The Kier molecular flexibility index (Phi) is 3.70. The Morgan fingerprint density at radius 1 is 1.12 bits per heavy atom. The van der Waals surface area contributed by atoms with Crippen LogP contribution in [0.3, 0.4) is 0 Å². The van der Waals surface area contributed by atoms with Crippen molar-refractivity contribution in [2.75, 3.05) is 11.9 Å². The summed E-state index contributed by atoms with van der Waals surface area (Å²) >= 11 is 0. The zero-order valence-corrected chi connectivity index (χ0v) is 10.3. The Balaban J connectivity index is 2.17. The summed E-state index contributed by atoms with van der Waals surface area (Å²) in [7, 11) is 0. The van der Waals surface area contributed by atoms with Crippen LogP contribution in [-0.2, 0) is 0 Å². The van der Waals surface area contributed by atoms with Gasteiger partial charge in [0.1, 0.15) is 0 Å². The topological polar surface area (TPSA) is 37.8 Å². The van der Waals surface area contributed by atoms with Crippen LogP contribution in [0.1, 0.15) is 19.0 Å². The summed E-state index contributed by atoms with van der Waals surface area (Å²) in [5.74, 6) is 0.784. The molecule has 1 heterocycles. The summed E-state index contributed by atoms with van der Waals surface area (Å²) in [4.78, 5) is 8.67. The highest BCUT2D eigenvalue weighted by Gasteiger charge is 2.00. The van der Waals surface area contributed by atoms with E-state index < -0.39 is 0 Å². The molecule has 0 saturated heterocycles. The monoisotopic (exact) mass is 227 g/mol. The molecule has 1 N–H and O–H groups in total. The number of hydrogen-bond donors (Lipinski definition) is 1. The summed E-state index contributed by atoms with van der Waals surface area (Å²) in [5.41, 5.74) is 3.18. The van der Waals surface area contributed by atoms with E-state index in [1.807, 2.05) is 25.1 Å². The number of aromatic nitrogens is 2. The summed E-state index contributed by atoms with van der Waals surface area (Å²) in [5, 5.41) is 3.34. The van der Waals surface area contributed by atoms with Crippen LogP contribution in [0.25, 0.3) is 11.4 Å². The smallest absolute Gasteiger partial charge is 0.159 e. The van der Waals surface area contributed by atoms with Gasteiger partial charge < -0.3 is 5.32 Å². The second kappa shape index (κ2) is 5.43. The van der Waals surface area contributed by atoms with Gasteiger partial charge in [0.05, 0.1) is 0 Å². The minimum absolute atomic E-state index is 0.784. The first-order valence-corrected chi connectivity index (χ1v) is 5.93. The van der Waals surface area contributed by atoms with E-state index in [4.69, 9.17) is 0 Å². The van der Waals surface area contributed by atoms with Crippen LogP contribution in [0, 0.1) is 6.92 Å². The van der Waals surface area contributed by atoms with E-state index in [9.17, 15) is 0 Å². The van der Waals surface area contributed by atoms with Crippen molar-refractivity contribution in [1.82, 2.24) is 9.97 Å². The largest absolute Gasteiger partial charge is 0.385 e. The summed E-state index contributed by atoms with van der Waals surface area (Å²) in [6.45, 7) is 5.13. The van der Waals surface area contributed by atoms with Crippen LogP contribution in [-0.4, -0.2) is 16.5 Å². The highest BCUT2D eigenvalue weighted by atomic mass is 14.9. The van der Waals surface area contributed by atoms with Crippen LogP contribution >= 0.6 is 0 Å². The molecule has 0 amide bonds. The van der Waals surface area contributed by atoms with Gasteiger partial charge in [0.25, 0.3) is 0 Å². The predicted octanol–water partition coefficient (Wildman–Crippen LogP) is 3.27. The Labute approximate surface area is 102 Å². The minimum Gasteiger partial charge on any atom is -0.385 e. The molecule has 0 aliphatic rings. The van der Waals surface area contributed by atoms with Crippen molar-refractivity contribution >= 4 is 5.69 Å². The quantitative estimate of drug-likeness (QED) is 0.871. The molecule has 17 heavy (non-hydrogen) atoms. The number of nitrogens with one attached hydrogen (secondary N) is 1. The molecule has 3 nitrogen and oxygen atoms in total. The molecule has 2 aromatic rings. The molecule has 0 fully saturated rings. The van der Waals surface area contributed by atoms with Crippen molar-refractivity contribution in [2.45, 2.75) is 20.3 Å². The molecule has 0 radical (unpaired) electrons. The fourth-order valence-corrected chi connectivity index (χ4v) is 1.59. The Bertz CT molecular complexity index is 477. The van der Waals surface area contributed by atoms with Crippen molar-refractivity contribution in [3.05, 3.63) is 42.2 Å². The van der Waals surface area contributed by atoms with Gasteiger partial charge in [-0.3, -0.25) is 0 Å². The first kappa shape index (κ1) is 11.6. The summed E-state index contributed by atoms with van der Waals surface area (Å²) < 4.78 is 0. The SMILES string of the molecule is CCCNc1ccc(-c2nccc(C)n2)cc1. The molecule has 1 aromatic heterocycles. The van der Waals surface area contributed by atoms with Crippen LogP contribution in [0.4, 0.5) is 5.69 Å². The first-order valence-electron chi connectivity index (χ1n) is 5.93. The lowest BCUT2D eigenvalue weighted by atomic mass is 10.2. The number of rotatable bonds is 4. The molecule has 2 rings (SSSR count). The lowest BCUT2D eigenvalue weighted by Crippen LogP contribution is -1.99. The fraction of sp³-hybridized carbons (Fsp3) is 0.286. The maximum absolute atomic E-state index is 4.40. The first-order chi connectivity index (χ1) is 8.29. The Morgan fingerprint density at radius 3 is 2.53 bits per heavy atom. The molecule has 0 bridgehead atoms. The third-order valence-electron chi connectivity index (χ3n) is 2.52. The van der Waals surface area contributed by atoms with Crippen LogP contribution in [0.2, 0.25) is 0 Å². The second-order valence-electron chi connectivity index (χ2n) is 4.03. The van der Waals surface area contributed by atoms with E-state index in [0.29, 0.717) is 0 Å². The second-order valence-corrected chi connectivity index (χ2v) is 4.03. The highest BCUT2D eigenvalue weighted by Crippen LogP contribution is 2.17. The number of hydrogen-bond acceptors (Lipinski definition) is 3. The molecule has 0 atom stereocenters. The van der Waals surface area contributed by atoms with Gasteiger partial charge in [0, 0.05) is 29.7 Å². The highest BCUT2D eigenvalue weighted by molar-refractivity contribution is 5.59. The van der Waals surface area contributed by atoms with Gasteiger partial charge in [-0.25, -0.2) is 9.97 Å². The molecule has 3 heteroatoms. The average molecular weight is 227 g/mol. The van der Waals surface area contributed by atoms with Gasteiger partial charge in [-0.2, -0.15) is 0 Å². The van der Waals surface area contributed by atoms with E-state index in [1.54, 1.807) is 6.20 Å². The van der Waals surface area contributed by atoms with Crippen LogP contribution < -0.4 is 5.32 Å². The van der Waals surface area contributed by atoms with Crippen LogP contribution in [0.5, 0.6) is 0 Å². The van der Waals surface area contributed by atoms with E-state index in [-0.39, 0.29) is 0 Å². The lowest BCUT2D eigenvalue weighted by Gasteiger charge is -2.05. The number of anilines is 1. The van der Waals surface area contributed by atoms with Gasteiger partial charge in [0.15, 0.2) is 5.82 Å². The van der Waals surface area contributed by atoms with E-state index in [1.165, 1.54) is 0 Å². The summed E-state index contributed by atoms with van der Waals surface area (Å²) in [6, 6.07) is 10.1. The zero-order valence-electron chi connectivity index (χ0n) is 10.3. The van der Waals surface area contributed by atoms with E-state index in [0.717, 1.165) is 35.7 Å². The molecule has 0 unspecified atom stereocenters. The number of benzene rings is 1. The Hall–Kier alpha value is -1.90. The summed E-state index contributed by atoms with van der Waals surface area (Å²) in [6.07, 6.45) is 2.92. The minimum atomic E-state index is 0.784. The predicted molar refractivity (Wildman–Crippen MR) is 71.0 cm³/mol. The molecule has 0 aliphatic heterocycles. The van der Waals surface area contributed by atoms with Crippen molar-refractivity contribution in [3.63, 3.8) is 0 Å². The van der Waals surface area contributed by atoms with Gasteiger partial charge in [0.2, 0.25) is 0 Å². The third kappa shape index (κ3) is 3.03. The van der Waals surface area contributed by atoms with Gasteiger partial charge in [-0.05, 0) is 43.7 Å². The van der Waals surface area contributed by atoms with Crippen molar-refractivity contribution in [1.29, 1.82) is 0 Å². The zero-order chi connectivity index (χ0) is 12.1. The van der Waals surface area contributed by atoms with Crippen LogP contribution in [0.15, 0.2) is 36.5 Å². The fourth-order valence-electron chi connectivity index (χ4n) is 1.59. The molecule has 0 spiro atoms. The number of aryl methyl sites for hydroxylation is 1. The standard InChI is InChI=1S/C14H17N3/c1-3-9-15-13-6-4-12(5-7-13)14-16-10-8-11(2)17-14/h4-8,10,15H,3,9H2,1-2H3. The maximum atomic E-state index is 4.40. The number of nitrogens with zero attached hydrogens (tertiary/aromatic N) is 2. The van der Waals surface area contributed by atoms with Gasteiger partial charge in [-0.1, -0.05) is 6.92 Å². The van der Waals surface area contributed by atoms with Crippen molar-refractivity contribution in [2.24, 2.45) is 0 Å². The van der Waals surface area contributed by atoms with Gasteiger partial charge in [-0.15, -0.1) is 0 Å².